The van der Waals surface area contributed by atoms with Crippen molar-refractivity contribution < 1.29 is 9.47 Å². The maximum atomic E-state index is 5.78. The van der Waals surface area contributed by atoms with Gasteiger partial charge in [0.1, 0.15) is 18.1 Å². The van der Waals surface area contributed by atoms with Crippen LogP contribution in [0.4, 0.5) is 5.69 Å². The van der Waals surface area contributed by atoms with Crippen LogP contribution in [0.5, 0.6) is 11.5 Å². The van der Waals surface area contributed by atoms with Crippen molar-refractivity contribution in [2.45, 2.75) is 13.2 Å². The highest BCUT2D eigenvalue weighted by molar-refractivity contribution is 5.48. The third-order valence-corrected chi connectivity index (χ3v) is 3.64. The molecule has 0 aliphatic rings. The van der Waals surface area contributed by atoms with Gasteiger partial charge >= 0.3 is 0 Å². The first-order valence-electron chi connectivity index (χ1n) is 7.82. The molecule has 3 rings (SSSR count). The molecule has 1 heterocycles. The molecule has 0 bridgehead atoms. The minimum atomic E-state index is 0.546. The minimum absolute atomic E-state index is 0.546. The van der Waals surface area contributed by atoms with Crippen molar-refractivity contribution in [3.8, 4) is 11.5 Å². The van der Waals surface area contributed by atoms with Gasteiger partial charge in [-0.25, -0.2) is 0 Å². The van der Waals surface area contributed by atoms with Crippen LogP contribution in [0.2, 0.25) is 0 Å². The number of hydrogen-bond acceptors (Lipinski definition) is 4. The first kappa shape index (κ1) is 15.9. The zero-order chi connectivity index (χ0) is 16.6. The van der Waals surface area contributed by atoms with Gasteiger partial charge in [-0.05, 0) is 47.5 Å². The number of nitrogens with one attached hydrogen (secondary N) is 1. The van der Waals surface area contributed by atoms with Gasteiger partial charge in [-0.3, -0.25) is 4.98 Å². The lowest BCUT2D eigenvalue weighted by atomic mass is 10.2. The lowest BCUT2D eigenvalue weighted by Crippen LogP contribution is -2.00. The Morgan fingerprint density at radius 1 is 0.875 bits per heavy atom. The number of ether oxygens (including phenoxy) is 2. The number of nitrogens with zero attached hydrogens (tertiary/aromatic N) is 1. The molecule has 0 amide bonds. The van der Waals surface area contributed by atoms with E-state index < -0.39 is 0 Å². The average molecular weight is 320 g/mol. The fourth-order valence-corrected chi connectivity index (χ4v) is 2.29. The van der Waals surface area contributed by atoms with E-state index in [1.807, 2.05) is 48.5 Å². The summed E-state index contributed by atoms with van der Waals surface area (Å²) in [7, 11) is 1.67. The predicted octanol–water partition coefficient (Wildman–Crippen LogP) is 4.28. The SMILES string of the molecule is COc1cccc(NCc2ccc(OCc3ccncc3)cc2)c1. The van der Waals surface area contributed by atoms with E-state index in [0.29, 0.717) is 6.61 Å². The molecule has 4 nitrogen and oxygen atoms in total. The van der Waals surface area contributed by atoms with Gasteiger partial charge in [0.2, 0.25) is 0 Å². The molecule has 3 aromatic rings. The summed E-state index contributed by atoms with van der Waals surface area (Å²) in [6, 6.07) is 19.9. The largest absolute Gasteiger partial charge is 0.497 e. The first-order chi connectivity index (χ1) is 11.8. The van der Waals surface area contributed by atoms with Crippen LogP contribution in [0.25, 0.3) is 0 Å². The third kappa shape index (κ3) is 4.49. The third-order valence-electron chi connectivity index (χ3n) is 3.64. The Morgan fingerprint density at radius 3 is 2.42 bits per heavy atom. The molecule has 4 heteroatoms. The molecule has 1 aromatic heterocycles. The molecule has 2 aromatic carbocycles. The molecule has 0 saturated carbocycles. The Balaban J connectivity index is 1.52. The van der Waals surface area contributed by atoms with Crippen LogP contribution >= 0.6 is 0 Å². The standard InChI is InChI=1S/C20H20N2O2/c1-23-20-4-2-3-18(13-20)22-14-16-5-7-19(8-6-16)24-15-17-9-11-21-12-10-17/h2-13,22H,14-15H2,1H3. The fourth-order valence-electron chi connectivity index (χ4n) is 2.29. The first-order valence-corrected chi connectivity index (χ1v) is 7.82. The average Bonchev–Trinajstić information content (AvgIpc) is 2.66. The van der Waals surface area contributed by atoms with E-state index in [9.17, 15) is 0 Å². The van der Waals surface area contributed by atoms with E-state index >= 15 is 0 Å². The highest BCUT2D eigenvalue weighted by atomic mass is 16.5. The predicted molar refractivity (Wildman–Crippen MR) is 95.3 cm³/mol. The van der Waals surface area contributed by atoms with Gasteiger partial charge in [0.15, 0.2) is 0 Å². The van der Waals surface area contributed by atoms with Crippen molar-refractivity contribution in [3.05, 3.63) is 84.2 Å². The van der Waals surface area contributed by atoms with E-state index in [2.05, 4.69) is 22.4 Å². The van der Waals surface area contributed by atoms with E-state index in [4.69, 9.17) is 9.47 Å². The molecule has 0 atom stereocenters. The van der Waals surface area contributed by atoms with Crippen molar-refractivity contribution in [1.29, 1.82) is 0 Å². The number of aromatic nitrogens is 1. The van der Waals surface area contributed by atoms with Crippen molar-refractivity contribution in [1.82, 2.24) is 4.98 Å². The minimum Gasteiger partial charge on any atom is -0.497 e. The van der Waals surface area contributed by atoms with Crippen LogP contribution in [0, 0.1) is 0 Å². The zero-order valence-corrected chi connectivity index (χ0v) is 13.6. The maximum Gasteiger partial charge on any atom is 0.120 e. The fraction of sp³-hybridized carbons (Fsp3) is 0.150. The van der Waals surface area contributed by atoms with E-state index in [1.54, 1.807) is 19.5 Å². The second-order valence-electron chi connectivity index (χ2n) is 5.37. The quantitative estimate of drug-likeness (QED) is 0.705. The Bertz CT molecular complexity index is 758. The van der Waals surface area contributed by atoms with Crippen LogP contribution < -0.4 is 14.8 Å². The smallest absolute Gasteiger partial charge is 0.120 e. The zero-order valence-electron chi connectivity index (χ0n) is 13.6. The number of pyridine rings is 1. The van der Waals surface area contributed by atoms with Crippen molar-refractivity contribution in [2.75, 3.05) is 12.4 Å². The van der Waals surface area contributed by atoms with Crippen molar-refractivity contribution in [2.24, 2.45) is 0 Å². The number of benzene rings is 2. The lowest BCUT2D eigenvalue weighted by molar-refractivity contribution is 0.306. The highest BCUT2D eigenvalue weighted by Gasteiger charge is 1.99. The molecule has 24 heavy (non-hydrogen) atoms. The van der Waals surface area contributed by atoms with Crippen LogP contribution in [0.15, 0.2) is 73.1 Å². The molecule has 0 radical (unpaired) electrons. The second-order valence-corrected chi connectivity index (χ2v) is 5.37. The van der Waals surface area contributed by atoms with Gasteiger partial charge < -0.3 is 14.8 Å². The van der Waals surface area contributed by atoms with Gasteiger partial charge in [-0.1, -0.05) is 18.2 Å². The number of methoxy groups -OCH3 is 1. The molecular formula is C20H20N2O2. The molecule has 0 aliphatic heterocycles. The topological polar surface area (TPSA) is 43.4 Å². The molecule has 1 N–H and O–H groups in total. The van der Waals surface area contributed by atoms with Gasteiger partial charge in [0.05, 0.1) is 7.11 Å². The van der Waals surface area contributed by atoms with Crippen molar-refractivity contribution in [3.63, 3.8) is 0 Å². The number of anilines is 1. The maximum absolute atomic E-state index is 5.78. The molecule has 0 saturated heterocycles. The summed E-state index contributed by atoms with van der Waals surface area (Å²) in [5.74, 6) is 1.71. The molecule has 0 fully saturated rings. The van der Waals surface area contributed by atoms with Gasteiger partial charge in [0.25, 0.3) is 0 Å². The lowest BCUT2D eigenvalue weighted by Gasteiger charge is -2.10. The molecule has 0 aliphatic carbocycles. The Hall–Kier alpha value is -3.01. The summed E-state index contributed by atoms with van der Waals surface area (Å²) in [5, 5.41) is 3.39. The number of hydrogen-bond donors (Lipinski definition) is 1. The molecular weight excluding hydrogens is 300 g/mol. The van der Waals surface area contributed by atoms with Crippen molar-refractivity contribution >= 4 is 5.69 Å². The van der Waals surface area contributed by atoms with Crippen LogP contribution in [-0.4, -0.2) is 12.1 Å². The highest BCUT2D eigenvalue weighted by Crippen LogP contribution is 2.19. The second kappa shape index (κ2) is 8.02. The summed E-state index contributed by atoms with van der Waals surface area (Å²) in [6.45, 7) is 1.29. The summed E-state index contributed by atoms with van der Waals surface area (Å²) in [4.78, 5) is 4.00. The normalized spacial score (nSPS) is 10.2. The number of rotatable bonds is 7. The monoisotopic (exact) mass is 320 g/mol. The Kier molecular flexibility index (Phi) is 5.30. The van der Waals surface area contributed by atoms with Crippen LogP contribution in [0.1, 0.15) is 11.1 Å². The summed E-state index contributed by atoms with van der Waals surface area (Å²) >= 11 is 0. The molecule has 122 valence electrons. The van der Waals surface area contributed by atoms with E-state index in [1.165, 1.54) is 5.56 Å². The Labute approximate surface area is 142 Å². The summed E-state index contributed by atoms with van der Waals surface area (Å²) in [6.07, 6.45) is 3.54. The molecule has 0 spiro atoms. The van der Waals surface area contributed by atoms with Crippen LogP contribution in [0.3, 0.4) is 0 Å². The van der Waals surface area contributed by atoms with E-state index in [0.717, 1.165) is 29.3 Å². The van der Waals surface area contributed by atoms with Crippen LogP contribution in [-0.2, 0) is 13.2 Å². The van der Waals surface area contributed by atoms with Gasteiger partial charge in [-0.2, -0.15) is 0 Å². The summed E-state index contributed by atoms with van der Waals surface area (Å²) in [5.41, 5.74) is 3.33. The van der Waals surface area contributed by atoms with Gasteiger partial charge in [-0.15, -0.1) is 0 Å². The Morgan fingerprint density at radius 2 is 1.67 bits per heavy atom. The van der Waals surface area contributed by atoms with E-state index in [-0.39, 0.29) is 0 Å². The summed E-state index contributed by atoms with van der Waals surface area (Å²) < 4.78 is 11.0. The van der Waals surface area contributed by atoms with Gasteiger partial charge in [0, 0.05) is 30.7 Å². The molecule has 0 unspecified atom stereocenters.